The van der Waals surface area contributed by atoms with E-state index < -0.39 is 0 Å². The molecular weight excluding hydrogens is 260 g/mol. The van der Waals surface area contributed by atoms with Crippen molar-refractivity contribution in [3.05, 3.63) is 29.3 Å². The van der Waals surface area contributed by atoms with Crippen LogP contribution in [0.25, 0.3) is 0 Å². The monoisotopic (exact) mass is 290 g/mol. The van der Waals surface area contributed by atoms with Gasteiger partial charge in [0, 0.05) is 31.7 Å². The third-order valence-electron chi connectivity index (χ3n) is 4.49. The van der Waals surface area contributed by atoms with Gasteiger partial charge < -0.3 is 10.1 Å². The van der Waals surface area contributed by atoms with Crippen molar-refractivity contribution >= 4 is 0 Å². The molecule has 0 saturated carbocycles. The molecule has 21 heavy (non-hydrogen) atoms. The second-order valence-electron chi connectivity index (χ2n) is 6.62. The normalized spacial score (nSPS) is 23.5. The zero-order valence-electron chi connectivity index (χ0n) is 14.1. The molecule has 1 aromatic rings. The summed E-state index contributed by atoms with van der Waals surface area (Å²) in [4.78, 5) is 2.53. The fourth-order valence-corrected chi connectivity index (χ4v) is 3.27. The lowest BCUT2D eigenvalue weighted by atomic mass is 9.98. The Labute approximate surface area is 129 Å². The first-order chi connectivity index (χ1) is 9.99. The van der Waals surface area contributed by atoms with E-state index in [-0.39, 0.29) is 0 Å². The summed E-state index contributed by atoms with van der Waals surface area (Å²) in [5.41, 5.74) is 2.73. The van der Waals surface area contributed by atoms with Gasteiger partial charge in [0.25, 0.3) is 0 Å². The first-order valence-corrected chi connectivity index (χ1v) is 8.19. The van der Waals surface area contributed by atoms with Gasteiger partial charge in [0.15, 0.2) is 0 Å². The van der Waals surface area contributed by atoms with Crippen molar-refractivity contribution in [1.29, 1.82) is 0 Å². The lowest BCUT2D eigenvalue weighted by Gasteiger charge is -2.39. The van der Waals surface area contributed by atoms with Crippen LogP contribution in [0.4, 0.5) is 0 Å². The first kappa shape index (κ1) is 16.3. The lowest BCUT2D eigenvalue weighted by Crippen LogP contribution is -2.55. The van der Waals surface area contributed by atoms with Crippen LogP contribution in [-0.4, -0.2) is 43.2 Å². The van der Waals surface area contributed by atoms with Crippen molar-refractivity contribution < 1.29 is 4.74 Å². The second kappa shape index (κ2) is 7.28. The van der Waals surface area contributed by atoms with Gasteiger partial charge in [-0.05, 0) is 49.9 Å². The van der Waals surface area contributed by atoms with Crippen LogP contribution < -0.4 is 10.1 Å². The van der Waals surface area contributed by atoms with Crippen molar-refractivity contribution in [2.75, 3.05) is 26.2 Å². The Kier molecular flexibility index (Phi) is 5.65. The van der Waals surface area contributed by atoms with E-state index in [0.717, 1.165) is 32.0 Å². The average molecular weight is 290 g/mol. The molecule has 2 rings (SSSR count). The number of hydrogen-bond acceptors (Lipinski definition) is 3. The smallest absolute Gasteiger partial charge is 0.119 e. The number of rotatable bonds is 5. The van der Waals surface area contributed by atoms with Gasteiger partial charge in [0.1, 0.15) is 12.4 Å². The molecule has 0 radical (unpaired) electrons. The summed E-state index contributed by atoms with van der Waals surface area (Å²) < 4.78 is 5.96. The van der Waals surface area contributed by atoms with Gasteiger partial charge in [0.05, 0.1) is 0 Å². The molecule has 1 heterocycles. The van der Waals surface area contributed by atoms with Crippen LogP contribution in [0, 0.1) is 6.92 Å². The Balaban J connectivity index is 1.87. The maximum Gasteiger partial charge on any atom is 0.119 e. The fourth-order valence-electron chi connectivity index (χ4n) is 3.27. The van der Waals surface area contributed by atoms with Crippen molar-refractivity contribution in [3.63, 3.8) is 0 Å². The Morgan fingerprint density at radius 2 is 1.90 bits per heavy atom. The van der Waals surface area contributed by atoms with E-state index in [9.17, 15) is 0 Å². The molecule has 1 saturated heterocycles. The van der Waals surface area contributed by atoms with Crippen LogP contribution in [0.3, 0.4) is 0 Å². The molecule has 2 unspecified atom stereocenters. The molecule has 2 atom stereocenters. The molecule has 1 N–H and O–H groups in total. The van der Waals surface area contributed by atoms with Gasteiger partial charge >= 0.3 is 0 Å². The van der Waals surface area contributed by atoms with E-state index in [1.54, 1.807) is 0 Å². The summed E-state index contributed by atoms with van der Waals surface area (Å²) in [5.74, 6) is 1.56. The molecule has 0 amide bonds. The highest BCUT2D eigenvalue weighted by Crippen LogP contribution is 2.23. The van der Waals surface area contributed by atoms with E-state index >= 15 is 0 Å². The summed E-state index contributed by atoms with van der Waals surface area (Å²) in [7, 11) is 0. The number of nitrogens with zero attached hydrogens (tertiary/aromatic N) is 1. The minimum Gasteiger partial charge on any atom is -0.492 e. The standard InChI is InChI=1S/C18H30N2O/c1-13(2)18-7-6-17(10-14(18)3)21-9-8-20-15(4)11-19-12-16(20)5/h6-7,10,13,15-16,19H,8-9,11-12H2,1-5H3. The number of piperazine rings is 1. The van der Waals surface area contributed by atoms with Crippen LogP contribution in [0.15, 0.2) is 18.2 Å². The zero-order valence-corrected chi connectivity index (χ0v) is 14.1. The van der Waals surface area contributed by atoms with E-state index in [1.165, 1.54) is 11.1 Å². The molecule has 0 spiro atoms. The summed E-state index contributed by atoms with van der Waals surface area (Å²) in [6, 6.07) is 7.64. The topological polar surface area (TPSA) is 24.5 Å². The van der Waals surface area contributed by atoms with E-state index in [4.69, 9.17) is 4.74 Å². The van der Waals surface area contributed by atoms with Crippen LogP contribution >= 0.6 is 0 Å². The van der Waals surface area contributed by atoms with E-state index in [0.29, 0.717) is 18.0 Å². The number of nitrogens with one attached hydrogen (secondary N) is 1. The molecular formula is C18H30N2O. The Morgan fingerprint density at radius 1 is 1.24 bits per heavy atom. The van der Waals surface area contributed by atoms with E-state index in [1.807, 2.05) is 0 Å². The average Bonchev–Trinajstić information content (AvgIpc) is 2.42. The summed E-state index contributed by atoms with van der Waals surface area (Å²) in [6.45, 7) is 15.1. The molecule has 1 aliphatic rings. The minimum absolute atomic E-state index is 0.571. The highest BCUT2D eigenvalue weighted by atomic mass is 16.5. The molecule has 0 aromatic heterocycles. The summed E-state index contributed by atoms with van der Waals surface area (Å²) in [6.07, 6.45) is 0. The minimum atomic E-state index is 0.571. The maximum atomic E-state index is 5.96. The predicted octanol–water partition coefficient (Wildman–Crippen LogP) is 3.18. The van der Waals surface area contributed by atoms with Gasteiger partial charge in [-0.15, -0.1) is 0 Å². The third kappa shape index (κ3) is 4.21. The zero-order chi connectivity index (χ0) is 15.4. The molecule has 3 heteroatoms. The van der Waals surface area contributed by atoms with Crippen LogP contribution in [0.1, 0.15) is 44.7 Å². The first-order valence-electron chi connectivity index (χ1n) is 8.19. The SMILES string of the molecule is Cc1cc(OCCN2C(C)CNCC2C)ccc1C(C)C. The van der Waals surface area contributed by atoms with Gasteiger partial charge in [-0.3, -0.25) is 4.90 Å². The molecule has 1 fully saturated rings. The van der Waals surface area contributed by atoms with Crippen molar-refractivity contribution in [1.82, 2.24) is 10.2 Å². The van der Waals surface area contributed by atoms with Gasteiger partial charge in [-0.1, -0.05) is 19.9 Å². The molecule has 1 aromatic carbocycles. The van der Waals surface area contributed by atoms with Crippen molar-refractivity contribution in [2.45, 2.75) is 52.6 Å². The molecule has 3 nitrogen and oxygen atoms in total. The van der Waals surface area contributed by atoms with Gasteiger partial charge in [-0.2, -0.15) is 0 Å². The molecule has 1 aliphatic heterocycles. The number of ether oxygens (including phenoxy) is 1. The second-order valence-corrected chi connectivity index (χ2v) is 6.62. The molecule has 0 bridgehead atoms. The lowest BCUT2D eigenvalue weighted by molar-refractivity contribution is 0.0966. The largest absolute Gasteiger partial charge is 0.492 e. The van der Waals surface area contributed by atoms with E-state index in [2.05, 4.69) is 63.0 Å². The number of aryl methyl sites for hydroxylation is 1. The Hall–Kier alpha value is -1.06. The predicted molar refractivity (Wildman–Crippen MR) is 89.3 cm³/mol. The highest BCUT2D eigenvalue weighted by Gasteiger charge is 2.23. The van der Waals surface area contributed by atoms with Crippen LogP contribution in [0.2, 0.25) is 0 Å². The maximum absolute atomic E-state index is 5.96. The van der Waals surface area contributed by atoms with Gasteiger partial charge in [-0.25, -0.2) is 0 Å². The number of benzene rings is 1. The summed E-state index contributed by atoms with van der Waals surface area (Å²) >= 11 is 0. The Morgan fingerprint density at radius 3 is 2.48 bits per heavy atom. The summed E-state index contributed by atoms with van der Waals surface area (Å²) in [5, 5.41) is 3.46. The van der Waals surface area contributed by atoms with Gasteiger partial charge in [0.2, 0.25) is 0 Å². The number of hydrogen-bond donors (Lipinski definition) is 1. The third-order valence-corrected chi connectivity index (χ3v) is 4.49. The van der Waals surface area contributed by atoms with Crippen molar-refractivity contribution in [2.24, 2.45) is 0 Å². The quantitative estimate of drug-likeness (QED) is 0.901. The molecule has 0 aliphatic carbocycles. The van der Waals surface area contributed by atoms with Crippen LogP contribution in [0.5, 0.6) is 5.75 Å². The highest BCUT2D eigenvalue weighted by molar-refractivity contribution is 5.36. The molecule has 118 valence electrons. The Bertz CT molecular complexity index is 449. The fraction of sp³-hybridized carbons (Fsp3) is 0.667. The van der Waals surface area contributed by atoms with Crippen LogP contribution in [-0.2, 0) is 0 Å². The van der Waals surface area contributed by atoms with Crippen molar-refractivity contribution in [3.8, 4) is 5.75 Å².